The van der Waals surface area contributed by atoms with Gasteiger partial charge in [0, 0.05) is 0 Å². The molecule has 0 saturated heterocycles. The summed E-state index contributed by atoms with van der Waals surface area (Å²) < 4.78 is 10.9. The fourth-order valence-electron chi connectivity index (χ4n) is 4.67. The number of carboxylic acids is 1. The van der Waals surface area contributed by atoms with Crippen LogP contribution < -0.4 is 9.47 Å². The highest BCUT2D eigenvalue weighted by atomic mass is 16.7. The van der Waals surface area contributed by atoms with E-state index in [2.05, 4.69) is 13.8 Å². The number of fused-ring (bicyclic) bond motifs is 1. The van der Waals surface area contributed by atoms with Gasteiger partial charge in [0.1, 0.15) is 0 Å². The van der Waals surface area contributed by atoms with Crippen LogP contribution in [0.2, 0.25) is 0 Å². The molecular weight excluding hydrogens is 316 g/mol. The van der Waals surface area contributed by atoms with Crippen molar-refractivity contribution >= 4 is 5.97 Å². The molecule has 1 aromatic rings. The maximum Gasteiger partial charge on any atom is 0.307 e. The van der Waals surface area contributed by atoms with Crippen molar-refractivity contribution in [2.24, 2.45) is 17.8 Å². The number of carboxylic acid groups (broad SMARTS) is 1. The van der Waals surface area contributed by atoms with E-state index in [9.17, 15) is 9.90 Å². The van der Waals surface area contributed by atoms with Crippen LogP contribution in [0.15, 0.2) is 18.2 Å². The predicted octanol–water partition coefficient (Wildman–Crippen LogP) is 5.22. The van der Waals surface area contributed by atoms with Gasteiger partial charge >= 0.3 is 5.97 Å². The van der Waals surface area contributed by atoms with Gasteiger partial charge in [-0.2, -0.15) is 0 Å². The van der Waals surface area contributed by atoms with Crippen LogP contribution >= 0.6 is 0 Å². The van der Waals surface area contributed by atoms with E-state index in [4.69, 9.17) is 9.47 Å². The molecule has 1 aliphatic carbocycles. The third kappa shape index (κ3) is 3.94. The lowest BCUT2D eigenvalue weighted by atomic mass is 9.65. The largest absolute Gasteiger partial charge is 0.481 e. The van der Waals surface area contributed by atoms with Crippen LogP contribution in [-0.2, 0) is 4.79 Å². The Kier molecular flexibility index (Phi) is 5.87. The van der Waals surface area contributed by atoms with Crippen LogP contribution in [0.5, 0.6) is 11.5 Å². The first-order chi connectivity index (χ1) is 12.1. The number of unbranched alkanes of at least 4 members (excludes halogenated alkanes) is 2. The van der Waals surface area contributed by atoms with Crippen LogP contribution in [0.4, 0.5) is 0 Å². The lowest BCUT2D eigenvalue weighted by Gasteiger charge is -2.39. The normalized spacial score (nSPS) is 26.4. The minimum absolute atomic E-state index is 0.0689. The van der Waals surface area contributed by atoms with Gasteiger partial charge in [-0.3, -0.25) is 4.79 Å². The predicted molar refractivity (Wildman–Crippen MR) is 97.1 cm³/mol. The maximum absolute atomic E-state index is 12.2. The summed E-state index contributed by atoms with van der Waals surface area (Å²) in [5.74, 6) is 1.36. The summed E-state index contributed by atoms with van der Waals surface area (Å²) in [4.78, 5) is 12.2. The van der Waals surface area contributed by atoms with E-state index in [-0.39, 0.29) is 24.5 Å². The Balaban J connectivity index is 1.79. The average Bonchev–Trinajstić information content (AvgIpc) is 3.08. The monoisotopic (exact) mass is 346 g/mol. The second kappa shape index (κ2) is 8.11. The molecule has 4 heteroatoms. The summed E-state index contributed by atoms with van der Waals surface area (Å²) in [5, 5.41) is 10.00. The quantitative estimate of drug-likeness (QED) is 0.688. The van der Waals surface area contributed by atoms with Crippen molar-refractivity contribution in [2.75, 3.05) is 6.79 Å². The fraction of sp³-hybridized carbons (Fsp3) is 0.667. The van der Waals surface area contributed by atoms with E-state index >= 15 is 0 Å². The summed E-state index contributed by atoms with van der Waals surface area (Å²) in [6.45, 7) is 4.71. The Morgan fingerprint density at radius 1 is 1.24 bits per heavy atom. The summed E-state index contributed by atoms with van der Waals surface area (Å²) in [5.41, 5.74) is 1.09. The highest BCUT2D eigenvalue weighted by Gasteiger charge is 2.41. The molecule has 0 radical (unpaired) electrons. The molecule has 3 rings (SSSR count). The topological polar surface area (TPSA) is 55.8 Å². The van der Waals surface area contributed by atoms with Crippen LogP contribution in [0.1, 0.15) is 70.3 Å². The van der Waals surface area contributed by atoms with Crippen molar-refractivity contribution in [3.63, 3.8) is 0 Å². The molecule has 4 atom stereocenters. The number of carbonyl (C=O) groups is 1. The second-order valence-corrected chi connectivity index (χ2v) is 7.65. The van der Waals surface area contributed by atoms with Gasteiger partial charge in [0.25, 0.3) is 0 Å². The van der Waals surface area contributed by atoms with Gasteiger partial charge in [-0.15, -0.1) is 0 Å². The maximum atomic E-state index is 12.2. The van der Waals surface area contributed by atoms with Crippen LogP contribution in [0.3, 0.4) is 0 Å². The van der Waals surface area contributed by atoms with E-state index in [1.807, 2.05) is 18.2 Å². The smallest absolute Gasteiger partial charge is 0.307 e. The second-order valence-electron chi connectivity index (χ2n) is 7.65. The Morgan fingerprint density at radius 3 is 2.80 bits per heavy atom. The van der Waals surface area contributed by atoms with Gasteiger partial charge in [0.05, 0.1) is 5.92 Å². The first-order valence-electron chi connectivity index (χ1n) is 9.74. The van der Waals surface area contributed by atoms with Crippen LogP contribution in [-0.4, -0.2) is 17.9 Å². The van der Waals surface area contributed by atoms with E-state index < -0.39 is 5.97 Å². The van der Waals surface area contributed by atoms with Gasteiger partial charge in [0.2, 0.25) is 6.79 Å². The minimum atomic E-state index is -0.644. The number of benzene rings is 1. The highest BCUT2D eigenvalue weighted by Crippen LogP contribution is 2.47. The molecule has 1 heterocycles. The molecule has 2 aliphatic rings. The summed E-state index contributed by atoms with van der Waals surface area (Å²) in [6, 6.07) is 5.94. The molecule has 0 spiro atoms. The Bertz CT molecular complexity index is 598. The molecule has 1 aromatic carbocycles. The zero-order chi connectivity index (χ0) is 17.8. The van der Waals surface area contributed by atoms with Crippen molar-refractivity contribution in [1.29, 1.82) is 0 Å². The Morgan fingerprint density at radius 2 is 2.04 bits per heavy atom. The molecule has 25 heavy (non-hydrogen) atoms. The standard InChI is InChI=1S/C21H30O4/c1-3-4-5-7-14(2)16-8-6-9-17(20(16)21(22)23)15-10-11-18-19(12-15)25-13-24-18/h10-12,14,16-17,20H,3-9,13H2,1-2H3,(H,22,23). The third-order valence-electron chi connectivity index (χ3n) is 6.05. The summed E-state index contributed by atoms with van der Waals surface area (Å²) in [6.07, 6.45) is 7.86. The third-order valence-corrected chi connectivity index (χ3v) is 6.05. The van der Waals surface area contributed by atoms with Crippen molar-refractivity contribution in [1.82, 2.24) is 0 Å². The number of rotatable bonds is 7. The number of hydrogen-bond acceptors (Lipinski definition) is 3. The zero-order valence-corrected chi connectivity index (χ0v) is 15.4. The first-order valence-corrected chi connectivity index (χ1v) is 9.74. The Hall–Kier alpha value is -1.71. The molecule has 4 nitrogen and oxygen atoms in total. The van der Waals surface area contributed by atoms with Crippen molar-refractivity contribution in [2.45, 2.75) is 64.7 Å². The average molecular weight is 346 g/mol. The minimum Gasteiger partial charge on any atom is -0.481 e. The van der Waals surface area contributed by atoms with E-state index in [1.54, 1.807) is 0 Å². The molecule has 1 fully saturated rings. The molecule has 1 N–H and O–H groups in total. The summed E-state index contributed by atoms with van der Waals surface area (Å²) in [7, 11) is 0. The molecule has 0 amide bonds. The van der Waals surface area contributed by atoms with E-state index in [0.717, 1.165) is 42.7 Å². The van der Waals surface area contributed by atoms with Gasteiger partial charge in [-0.05, 0) is 48.3 Å². The number of aliphatic carboxylic acids is 1. The molecule has 0 bridgehead atoms. The van der Waals surface area contributed by atoms with E-state index in [1.165, 1.54) is 19.3 Å². The van der Waals surface area contributed by atoms with Gasteiger partial charge in [-0.1, -0.05) is 52.0 Å². The molecule has 138 valence electrons. The van der Waals surface area contributed by atoms with Crippen molar-refractivity contribution < 1.29 is 19.4 Å². The van der Waals surface area contributed by atoms with E-state index in [0.29, 0.717) is 5.92 Å². The van der Waals surface area contributed by atoms with Gasteiger partial charge in [-0.25, -0.2) is 0 Å². The molecule has 1 saturated carbocycles. The molecule has 4 unspecified atom stereocenters. The Labute approximate surface area is 150 Å². The SMILES string of the molecule is CCCCCC(C)C1CCCC(c2ccc3c(c2)OCO3)C1C(=O)O. The summed E-state index contributed by atoms with van der Waals surface area (Å²) >= 11 is 0. The van der Waals surface area contributed by atoms with Gasteiger partial charge < -0.3 is 14.6 Å². The molecule has 0 aromatic heterocycles. The lowest BCUT2D eigenvalue weighted by molar-refractivity contribution is -0.147. The first kappa shape index (κ1) is 18.1. The highest BCUT2D eigenvalue weighted by molar-refractivity contribution is 5.72. The fourth-order valence-corrected chi connectivity index (χ4v) is 4.67. The van der Waals surface area contributed by atoms with Crippen molar-refractivity contribution in [3.05, 3.63) is 23.8 Å². The number of ether oxygens (including phenoxy) is 2. The van der Waals surface area contributed by atoms with Crippen LogP contribution in [0, 0.1) is 17.8 Å². The molecule has 1 aliphatic heterocycles. The van der Waals surface area contributed by atoms with Gasteiger partial charge in [0.15, 0.2) is 11.5 Å². The lowest BCUT2D eigenvalue weighted by Crippen LogP contribution is -2.36. The van der Waals surface area contributed by atoms with Crippen molar-refractivity contribution in [3.8, 4) is 11.5 Å². The van der Waals surface area contributed by atoms with Crippen LogP contribution in [0.25, 0.3) is 0 Å². The zero-order valence-electron chi connectivity index (χ0n) is 15.4. The molecular formula is C21H30O4. The number of hydrogen-bond donors (Lipinski definition) is 1.